The zero-order chi connectivity index (χ0) is 17.6. The van der Waals surface area contributed by atoms with Crippen molar-refractivity contribution in [1.29, 1.82) is 5.26 Å². The highest BCUT2D eigenvalue weighted by atomic mass is 16.2. The average Bonchev–Trinajstić information content (AvgIpc) is 2.68. The van der Waals surface area contributed by atoms with Crippen molar-refractivity contribution in [3.05, 3.63) is 54.0 Å². The van der Waals surface area contributed by atoms with Gasteiger partial charge in [-0.1, -0.05) is 0 Å². The number of rotatable bonds is 3. The molecule has 1 fully saturated rings. The molecule has 1 saturated heterocycles. The van der Waals surface area contributed by atoms with E-state index in [1.807, 2.05) is 24.0 Å². The normalized spacial score (nSPS) is 15.4. The maximum absolute atomic E-state index is 12.4. The van der Waals surface area contributed by atoms with E-state index >= 15 is 0 Å². The monoisotopic (exact) mass is 336 g/mol. The molecule has 0 radical (unpaired) electrons. The van der Waals surface area contributed by atoms with Gasteiger partial charge >= 0.3 is 6.03 Å². The molecule has 3 heterocycles. The summed E-state index contributed by atoms with van der Waals surface area (Å²) in [4.78, 5) is 24.7. The number of anilines is 1. The highest BCUT2D eigenvalue weighted by Gasteiger charge is 2.23. The predicted molar refractivity (Wildman–Crippen MR) is 93.9 cm³/mol. The minimum atomic E-state index is -0.0671. The number of aromatic nitrogens is 2. The van der Waals surface area contributed by atoms with Gasteiger partial charge in [0.05, 0.1) is 17.7 Å². The standard InChI is InChI=1S/C18H20N6O/c1-14(16-3-5-20-6-4-16)22-18(25)24-10-8-23(9-11-24)17-12-15(13-19)2-7-21-17/h2-7,12,14H,8-11H2,1H3,(H,22,25)/t14-/m0/s1. The number of hydrogen-bond donors (Lipinski definition) is 1. The van der Waals surface area contributed by atoms with Crippen molar-refractivity contribution in [2.45, 2.75) is 13.0 Å². The largest absolute Gasteiger partial charge is 0.353 e. The molecule has 0 aromatic carbocycles. The lowest BCUT2D eigenvalue weighted by atomic mass is 10.1. The van der Waals surface area contributed by atoms with Crippen LogP contribution in [0.1, 0.15) is 24.1 Å². The van der Waals surface area contributed by atoms with Crippen molar-refractivity contribution in [3.8, 4) is 6.07 Å². The quantitative estimate of drug-likeness (QED) is 0.926. The Morgan fingerprint density at radius 2 is 1.92 bits per heavy atom. The van der Waals surface area contributed by atoms with E-state index in [-0.39, 0.29) is 12.1 Å². The Hall–Kier alpha value is -3.14. The Labute approximate surface area is 146 Å². The van der Waals surface area contributed by atoms with E-state index in [0.717, 1.165) is 11.4 Å². The lowest BCUT2D eigenvalue weighted by molar-refractivity contribution is 0.191. The van der Waals surface area contributed by atoms with Gasteiger partial charge in [0, 0.05) is 44.8 Å². The van der Waals surface area contributed by atoms with E-state index in [4.69, 9.17) is 5.26 Å². The van der Waals surface area contributed by atoms with E-state index in [1.165, 1.54) is 0 Å². The second-order valence-electron chi connectivity index (χ2n) is 5.94. The Morgan fingerprint density at radius 1 is 1.20 bits per heavy atom. The number of carbonyl (C=O) groups is 1. The SMILES string of the molecule is C[C@H](NC(=O)N1CCN(c2cc(C#N)ccn2)CC1)c1ccncc1. The molecule has 2 aromatic rings. The Bertz CT molecular complexity index is 765. The van der Waals surface area contributed by atoms with Crippen LogP contribution in [0.4, 0.5) is 10.6 Å². The van der Waals surface area contributed by atoms with Crippen LogP contribution in [0.25, 0.3) is 0 Å². The van der Waals surface area contributed by atoms with Crippen LogP contribution in [-0.4, -0.2) is 47.1 Å². The van der Waals surface area contributed by atoms with Crippen LogP contribution >= 0.6 is 0 Å². The third-order valence-electron chi connectivity index (χ3n) is 4.31. The molecule has 1 aliphatic rings. The topological polar surface area (TPSA) is 85.2 Å². The molecule has 2 amide bonds. The zero-order valence-corrected chi connectivity index (χ0v) is 14.1. The molecule has 7 nitrogen and oxygen atoms in total. The first-order valence-corrected chi connectivity index (χ1v) is 8.24. The zero-order valence-electron chi connectivity index (χ0n) is 14.1. The number of nitrogens with one attached hydrogen (secondary N) is 1. The lowest BCUT2D eigenvalue weighted by Gasteiger charge is -2.36. The second-order valence-corrected chi connectivity index (χ2v) is 5.94. The van der Waals surface area contributed by atoms with Gasteiger partial charge in [0.15, 0.2) is 0 Å². The van der Waals surface area contributed by atoms with E-state index in [2.05, 4.69) is 26.3 Å². The maximum atomic E-state index is 12.4. The summed E-state index contributed by atoms with van der Waals surface area (Å²) in [5.74, 6) is 0.782. The molecule has 1 aliphatic heterocycles. The summed E-state index contributed by atoms with van der Waals surface area (Å²) in [6.07, 6.45) is 5.08. The number of nitriles is 1. The summed E-state index contributed by atoms with van der Waals surface area (Å²) in [6.45, 7) is 4.58. The number of pyridine rings is 2. The third kappa shape index (κ3) is 4.04. The van der Waals surface area contributed by atoms with Crippen molar-refractivity contribution in [2.24, 2.45) is 0 Å². The van der Waals surface area contributed by atoms with Crippen molar-refractivity contribution < 1.29 is 4.79 Å². The van der Waals surface area contributed by atoms with Crippen LogP contribution < -0.4 is 10.2 Å². The number of urea groups is 1. The molecule has 0 bridgehead atoms. The molecular weight excluding hydrogens is 316 g/mol. The summed E-state index contributed by atoms with van der Waals surface area (Å²) >= 11 is 0. The number of hydrogen-bond acceptors (Lipinski definition) is 5. The van der Waals surface area contributed by atoms with Crippen molar-refractivity contribution in [2.75, 3.05) is 31.1 Å². The molecule has 3 rings (SSSR count). The minimum absolute atomic E-state index is 0.0669. The number of nitrogens with zero attached hydrogens (tertiary/aromatic N) is 5. The van der Waals surface area contributed by atoms with Gasteiger partial charge in [-0.15, -0.1) is 0 Å². The highest BCUT2D eigenvalue weighted by molar-refractivity contribution is 5.75. The third-order valence-corrected chi connectivity index (χ3v) is 4.31. The lowest BCUT2D eigenvalue weighted by Crippen LogP contribution is -2.52. The van der Waals surface area contributed by atoms with E-state index in [9.17, 15) is 4.79 Å². The Morgan fingerprint density at radius 3 is 2.60 bits per heavy atom. The summed E-state index contributed by atoms with van der Waals surface area (Å²) in [6, 6.07) is 9.26. The molecule has 0 spiro atoms. The molecule has 2 aromatic heterocycles. The van der Waals surface area contributed by atoms with Gasteiger partial charge in [-0.2, -0.15) is 5.26 Å². The van der Waals surface area contributed by atoms with Crippen LogP contribution in [0.3, 0.4) is 0 Å². The number of carbonyl (C=O) groups excluding carboxylic acids is 1. The van der Waals surface area contributed by atoms with Crippen LogP contribution in [0.2, 0.25) is 0 Å². The predicted octanol–water partition coefficient (Wildman–Crippen LogP) is 1.94. The van der Waals surface area contributed by atoms with Gasteiger partial charge < -0.3 is 15.1 Å². The first-order chi connectivity index (χ1) is 12.2. The fraction of sp³-hybridized carbons (Fsp3) is 0.333. The van der Waals surface area contributed by atoms with Crippen LogP contribution in [-0.2, 0) is 0 Å². The van der Waals surface area contributed by atoms with Crippen LogP contribution in [0.15, 0.2) is 42.9 Å². The van der Waals surface area contributed by atoms with Crippen molar-refractivity contribution in [1.82, 2.24) is 20.2 Å². The molecular formula is C18H20N6O. The fourth-order valence-electron chi connectivity index (χ4n) is 2.81. The van der Waals surface area contributed by atoms with Gasteiger partial charge in [-0.25, -0.2) is 9.78 Å². The van der Waals surface area contributed by atoms with Crippen LogP contribution in [0, 0.1) is 11.3 Å². The molecule has 7 heteroatoms. The first-order valence-electron chi connectivity index (χ1n) is 8.24. The molecule has 1 atom stereocenters. The molecule has 0 saturated carbocycles. The molecule has 1 N–H and O–H groups in total. The smallest absolute Gasteiger partial charge is 0.317 e. The van der Waals surface area contributed by atoms with Gasteiger partial charge in [0.2, 0.25) is 0 Å². The minimum Gasteiger partial charge on any atom is -0.353 e. The average molecular weight is 336 g/mol. The van der Waals surface area contributed by atoms with E-state index in [1.54, 1.807) is 30.7 Å². The summed E-state index contributed by atoms with van der Waals surface area (Å²) in [5.41, 5.74) is 1.62. The first kappa shape index (κ1) is 16.7. The highest BCUT2D eigenvalue weighted by Crippen LogP contribution is 2.16. The van der Waals surface area contributed by atoms with E-state index in [0.29, 0.717) is 31.7 Å². The number of piperazine rings is 1. The van der Waals surface area contributed by atoms with Gasteiger partial charge in [0.25, 0.3) is 0 Å². The Balaban J connectivity index is 1.55. The van der Waals surface area contributed by atoms with Gasteiger partial charge in [0.1, 0.15) is 5.82 Å². The van der Waals surface area contributed by atoms with E-state index < -0.39 is 0 Å². The summed E-state index contributed by atoms with van der Waals surface area (Å²) < 4.78 is 0. The fourth-order valence-corrected chi connectivity index (χ4v) is 2.81. The molecule has 0 aliphatic carbocycles. The molecule has 128 valence electrons. The van der Waals surface area contributed by atoms with Crippen molar-refractivity contribution in [3.63, 3.8) is 0 Å². The molecule has 0 unspecified atom stereocenters. The second kappa shape index (κ2) is 7.62. The summed E-state index contributed by atoms with van der Waals surface area (Å²) in [5, 5.41) is 12.0. The summed E-state index contributed by atoms with van der Waals surface area (Å²) in [7, 11) is 0. The molecule has 25 heavy (non-hydrogen) atoms. The van der Waals surface area contributed by atoms with Gasteiger partial charge in [-0.3, -0.25) is 4.98 Å². The number of amides is 2. The van der Waals surface area contributed by atoms with Crippen molar-refractivity contribution >= 4 is 11.8 Å². The van der Waals surface area contributed by atoms with Crippen LogP contribution in [0.5, 0.6) is 0 Å². The maximum Gasteiger partial charge on any atom is 0.317 e. The van der Waals surface area contributed by atoms with Gasteiger partial charge in [-0.05, 0) is 36.8 Å². The Kier molecular flexibility index (Phi) is 5.09.